The van der Waals surface area contributed by atoms with Crippen LogP contribution in [0, 0.1) is 13.8 Å². The van der Waals surface area contributed by atoms with Crippen LogP contribution in [0.5, 0.6) is 11.5 Å². The van der Waals surface area contributed by atoms with Crippen molar-refractivity contribution in [2.24, 2.45) is 0 Å². The number of aryl methyl sites for hydroxylation is 2. The average Bonchev–Trinajstić information content (AvgIpc) is 2.57. The Bertz CT molecular complexity index is 730. The van der Waals surface area contributed by atoms with Crippen molar-refractivity contribution in [1.29, 1.82) is 0 Å². The highest BCUT2D eigenvalue weighted by Gasteiger charge is 2.25. The third-order valence-corrected chi connectivity index (χ3v) is 4.60. The van der Waals surface area contributed by atoms with Gasteiger partial charge >= 0.3 is 0 Å². The fourth-order valence-electron chi connectivity index (χ4n) is 3.45. The number of ether oxygens (including phenoxy) is 2. The number of hydrogen-bond donors (Lipinski definition) is 1. The molecule has 25 heavy (non-hydrogen) atoms. The van der Waals surface area contributed by atoms with E-state index in [-0.39, 0.29) is 18.4 Å². The molecule has 136 valence electrons. The van der Waals surface area contributed by atoms with Gasteiger partial charge in [0.1, 0.15) is 0 Å². The number of fused-ring (bicyclic) bond motifs is 1. The first-order chi connectivity index (χ1) is 11.6. The SMILES string of the molecule is CCOc1cc2c(cc1OCC)C(c1cc(C)ccc1C)NCC2.Cl. The van der Waals surface area contributed by atoms with Gasteiger partial charge in [0.2, 0.25) is 0 Å². The Kier molecular flexibility index (Phi) is 6.74. The molecule has 1 N–H and O–H groups in total. The Labute approximate surface area is 157 Å². The molecular weight excluding hydrogens is 334 g/mol. The van der Waals surface area contributed by atoms with Crippen molar-refractivity contribution in [3.05, 3.63) is 58.1 Å². The summed E-state index contributed by atoms with van der Waals surface area (Å²) in [5.74, 6) is 1.71. The van der Waals surface area contributed by atoms with Crippen LogP contribution in [0.15, 0.2) is 30.3 Å². The van der Waals surface area contributed by atoms with E-state index in [1.165, 1.54) is 27.8 Å². The van der Waals surface area contributed by atoms with Crippen molar-refractivity contribution < 1.29 is 9.47 Å². The van der Waals surface area contributed by atoms with Crippen LogP contribution in [0.1, 0.15) is 47.7 Å². The van der Waals surface area contributed by atoms with E-state index in [9.17, 15) is 0 Å². The minimum atomic E-state index is 0. The third-order valence-electron chi connectivity index (χ3n) is 4.60. The van der Waals surface area contributed by atoms with Crippen LogP contribution in [0.4, 0.5) is 0 Å². The van der Waals surface area contributed by atoms with Crippen LogP contribution >= 0.6 is 12.4 Å². The molecule has 0 saturated carbocycles. The summed E-state index contributed by atoms with van der Waals surface area (Å²) in [5.41, 5.74) is 6.62. The van der Waals surface area contributed by atoms with Crippen molar-refractivity contribution in [3.63, 3.8) is 0 Å². The largest absolute Gasteiger partial charge is 0.490 e. The maximum Gasteiger partial charge on any atom is 0.161 e. The Morgan fingerprint density at radius 1 is 0.960 bits per heavy atom. The van der Waals surface area contributed by atoms with Gasteiger partial charge < -0.3 is 14.8 Å². The lowest BCUT2D eigenvalue weighted by Gasteiger charge is -2.30. The fourth-order valence-corrected chi connectivity index (χ4v) is 3.45. The summed E-state index contributed by atoms with van der Waals surface area (Å²) in [7, 11) is 0. The van der Waals surface area contributed by atoms with Gasteiger partial charge in [-0.25, -0.2) is 0 Å². The highest BCUT2D eigenvalue weighted by atomic mass is 35.5. The van der Waals surface area contributed by atoms with E-state index in [1.54, 1.807) is 0 Å². The van der Waals surface area contributed by atoms with E-state index in [0.29, 0.717) is 13.2 Å². The molecule has 2 aromatic carbocycles. The van der Waals surface area contributed by atoms with Gasteiger partial charge in [-0.1, -0.05) is 23.8 Å². The predicted octanol–water partition coefficient (Wildman–Crippen LogP) is 4.76. The molecule has 0 radical (unpaired) electrons. The summed E-state index contributed by atoms with van der Waals surface area (Å²) < 4.78 is 11.6. The standard InChI is InChI=1S/C21H27NO2.ClH/c1-5-23-19-12-16-9-10-22-21(18(16)13-20(19)24-6-2)17-11-14(3)7-8-15(17)4;/h7-8,11-13,21-22H,5-6,9-10H2,1-4H3;1H. The molecule has 0 amide bonds. The van der Waals surface area contributed by atoms with Crippen LogP contribution in [-0.2, 0) is 6.42 Å². The molecule has 0 saturated heterocycles. The molecule has 3 nitrogen and oxygen atoms in total. The maximum absolute atomic E-state index is 5.84. The summed E-state index contributed by atoms with van der Waals surface area (Å²) >= 11 is 0. The lowest BCUT2D eigenvalue weighted by atomic mass is 9.87. The minimum absolute atomic E-state index is 0. The van der Waals surface area contributed by atoms with Crippen LogP contribution in [0.3, 0.4) is 0 Å². The van der Waals surface area contributed by atoms with E-state index in [0.717, 1.165) is 24.5 Å². The van der Waals surface area contributed by atoms with Gasteiger partial charge in [0.25, 0.3) is 0 Å². The van der Waals surface area contributed by atoms with E-state index < -0.39 is 0 Å². The van der Waals surface area contributed by atoms with Crippen LogP contribution in [0.25, 0.3) is 0 Å². The highest BCUT2D eigenvalue weighted by Crippen LogP contribution is 2.38. The minimum Gasteiger partial charge on any atom is -0.490 e. The van der Waals surface area contributed by atoms with Gasteiger partial charge in [-0.05, 0) is 68.5 Å². The predicted molar refractivity (Wildman–Crippen MR) is 105 cm³/mol. The molecule has 1 atom stereocenters. The summed E-state index contributed by atoms with van der Waals surface area (Å²) in [6.45, 7) is 10.6. The third kappa shape index (κ3) is 4.10. The zero-order valence-corrected chi connectivity index (χ0v) is 16.3. The van der Waals surface area contributed by atoms with E-state index in [4.69, 9.17) is 9.47 Å². The number of rotatable bonds is 5. The normalized spacial score (nSPS) is 15.9. The van der Waals surface area contributed by atoms with Crippen LogP contribution in [0.2, 0.25) is 0 Å². The number of benzene rings is 2. The van der Waals surface area contributed by atoms with Crippen molar-refractivity contribution in [3.8, 4) is 11.5 Å². The molecule has 0 spiro atoms. The van der Waals surface area contributed by atoms with Crippen molar-refractivity contribution in [2.75, 3.05) is 19.8 Å². The molecule has 3 rings (SSSR count). The quantitative estimate of drug-likeness (QED) is 0.833. The van der Waals surface area contributed by atoms with Crippen molar-refractivity contribution >= 4 is 12.4 Å². The van der Waals surface area contributed by atoms with Crippen molar-refractivity contribution in [2.45, 2.75) is 40.2 Å². The molecule has 1 heterocycles. The first kappa shape index (κ1) is 19.6. The second-order valence-electron chi connectivity index (χ2n) is 6.36. The Hall–Kier alpha value is -1.71. The smallest absolute Gasteiger partial charge is 0.161 e. The molecule has 0 aromatic heterocycles. The van der Waals surface area contributed by atoms with Crippen molar-refractivity contribution in [1.82, 2.24) is 5.32 Å². The number of halogens is 1. The van der Waals surface area contributed by atoms with Gasteiger partial charge in [-0.2, -0.15) is 0 Å². The molecule has 2 aromatic rings. The first-order valence-electron chi connectivity index (χ1n) is 8.87. The summed E-state index contributed by atoms with van der Waals surface area (Å²) in [6.07, 6.45) is 1.02. The zero-order valence-electron chi connectivity index (χ0n) is 15.5. The van der Waals surface area contributed by atoms with E-state index in [1.807, 2.05) is 13.8 Å². The van der Waals surface area contributed by atoms with Gasteiger partial charge in [0.15, 0.2) is 11.5 Å². The molecule has 0 aliphatic carbocycles. The monoisotopic (exact) mass is 361 g/mol. The summed E-state index contributed by atoms with van der Waals surface area (Å²) in [6, 6.07) is 11.2. The second-order valence-corrected chi connectivity index (χ2v) is 6.36. The van der Waals surface area contributed by atoms with Gasteiger partial charge in [0.05, 0.1) is 19.3 Å². The molecule has 0 fully saturated rings. The Morgan fingerprint density at radius 3 is 2.32 bits per heavy atom. The molecular formula is C21H28ClNO2. The lowest BCUT2D eigenvalue weighted by Crippen LogP contribution is -2.31. The molecule has 1 unspecified atom stereocenters. The Balaban J connectivity index is 0.00000225. The zero-order chi connectivity index (χ0) is 17.1. The van der Waals surface area contributed by atoms with E-state index in [2.05, 4.69) is 49.5 Å². The van der Waals surface area contributed by atoms with Crippen LogP contribution < -0.4 is 14.8 Å². The number of hydrogen-bond acceptors (Lipinski definition) is 3. The average molecular weight is 362 g/mol. The number of nitrogens with one attached hydrogen (secondary N) is 1. The second kappa shape index (κ2) is 8.59. The summed E-state index contributed by atoms with van der Waals surface area (Å²) in [5, 5.41) is 3.68. The van der Waals surface area contributed by atoms with Gasteiger partial charge in [-0.3, -0.25) is 0 Å². The van der Waals surface area contributed by atoms with Gasteiger partial charge in [-0.15, -0.1) is 12.4 Å². The maximum atomic E-state index is 5.84. The molecule has 1 aliphatic rings. The topological polar surface area (TPSA) is 30.5 Å². The lowest BCUT2D eigenvalue weighted by molar-refractivity contribution is 0.286. The molecule has 4 heteroatoms. The molecule has 1 aliphatic heterocycles. The van der Waals surface area contributed by atoms with Crippen LogP contribution in [-0.4, -0.2) is 19.8 Å². The van der Waals surface area contributed by atoms with Gasteiger partial charge in [0, 0.05) is 6.54 Å². The Morgan fingerprint density at radius 2 is 1.64 bits per heavy atom. The highest BCUT2D eigenvalue weighted by molar-refractivity contribution is 5.85. The van der Waals surface area contributed by atoms with E-state index >= 15 is 0 Å². The summed E-state index contributed by atoms with van der Waals surface area (Å²) in [4.78, 5) is 0. The molecule has 0 bridgehead atoms. The fraction of sp³-hybridized carbons (Fsp3) is 0.429. The first-order valence-corrected chi connectivity index (χ1v) is 8.87.